The van der Waals surface area contributed by atoms with E-state index in [9.17, 15) is 9.59 Å². The molecule has 2 aliphatic heterocycles. The number of carbonyl (C=O) groups excluding carboxylic acids is 2. The summed E-state index contributed by atoms with van der Waals surface area (Å²) in [5, 5.41) is 0. The van der Waals surface area contributed by atoms with Gasteiger partial charge >= 0.3 is 6.09 Å². The van der Waals surface area contributed by atoms with Crippen LogP contribution >= 0.6 is 15.9 Å². The average molecular weight is 534 g/mol. The zero-order valence-electron chi connectivity index (χ0n) is 20.4. The molecular formula is C25H32BrN3O5. The molecule has 0 N–H and O–H groups in total. The van der Waals surface area contributed by atoms with Crippen molar-refractivity contribution in [1.29, 1.82) is 0 Å². The summed E-state index contributed by atoms with van der Waals surface area (Å²) in [6.45, 7) is 8.36. The zero-order valence-corrected chi connectivity index (χ0v) is 22.0. The monoisotopic (exact) mass is 533 g/mol. The van der Waals surface area contributed by atoms with E-state index in [4.69, 9.17) is 14.2 Å². The lowest BCUT2D eigenvalue weighted by Gasteiger charge is -2.27. The Labute approximate surface area is 208 Å². The number of hydrogen-bond acceptors (Lipinski definition) is 5. The minimum absolute atomic E-state index is 0.0260. The van der Waals surface area contributed by atoms with Gasteiger partial charge in [-0.05, 0) is 73.3 Å². The van der Waals surface area contributed by atoms with E-state index in [1.807, 2.05) is 43.9 Å². The van der Waals surface area contributed by atoms with Crippen LogP contribution < -0.4 is 9.47 Å². The number of halogens is 1. The Hall–Kier alpha value is -2.68. The molecular weight excluding hydrogens is 502 g/mol. The van der Waals surface area contributed by atoms with Crippen molar-refractivity contribution in [2.24, 2.45) is 0 Å². The van der Waals surface area contributed by atoms with E-state index in [-0.39, 0.29) is 12.0 Å². The van der Waals surface area contributed by atoms with E-state index in [1.54, 1.807) is 19.1 Å². The lowest BCUT2D eigenvalue weighted by Crippen LogP contribution is -2.40. The van der Waals surface area contributed by atoms with Crippen molar-refractivity contribution in [3.8, 4) is 22.8 Å². The lowest BCUT2D eigenvalue weighted by atomic mass is 9.97. The first-order valence-corrected chi connectivity index (χ1v) is 12.3. The predicted octanol–water partition coefficient (Wildman–Crippen LogP) is 4.57. The molecule has 0 unspecified atom stereocenters. The number of carbonyl (C=O) groups is 2. The van der Waals surface area contributed by atoms with Gasteiger partial charge in [0.25, 0.3) is 5.91 Å². The van der Waals surface area contributed by atoms with Crippen molar-refractivity contribution in [3.63, 3.8) is 0 Å². The molecule has 1 aromatic heterocycles. The van der Waals surface area contributed by atoms with E-state index in [0.717, 1.165) is 27.7 Å². The van der Waals surface area contributed by atoms with Crippen LogP contribution in [0.1, 0.15) is 43.2 Å². The van der Waals surface area contributed by atoms with Crippen molar-refractivity contribution in [3.05, 3.63) is 33.9 Å². The number of ether oxygens (including phenoxy) is 3. The fourth-order valence-corrected chi connectivity index (χ4v) is 5.22. The number of benzene rings is 1. The van der Waals surface area contributed by atoms with Crippen LogP contribution in [-0.2, 0) is 17.7 Å². The zero-order chi connectivity index (χ0) is 24.6. The molecule has 1 fully saturated rings. The number of fused-ring (bicyclic) bond motifs is 3. The predicted molar refractivity (Wildman–Crippen MR) is 133 cm³/mol. The van der Waals surface area contributed by atoms with Crippen molar-refractivity contribution >= 4 is 27.9 Å². The van der Waals surface area contributed by atoms with E-state index in [1.165, 1.54) is 0 Å². The second-order valence-electron chi connectivity index (χ2n) is 9.61. The van der Waals surface area contributed by atoms with Gasteiger partial charge in [-0.2, -0.15) is 0 Å². The first kappa shape index (κ1) is 24.4. The molecule has 0 aliphatic carbocycles. The fourth-order valence-electron chi connectivity index (χ4n) is 4.57. The molecule has 2 aliphatic rings. The molecule has 8 nitrogen and oxygen atoms in total. The highest BCUT2D eigenvalue weighted by atomic mass is 79.9. The molecule has 1 aromatic carbocycles. The summed E-state index contributed by atoms with van der Waals surface area (Å²) in [5.41, 5.74) is 3.26. The number of aryl methyl sites for hydroxylation is 1. The standard InChI is InChI=1S/C25H32BrN3O5/c1-25(2,3)34-24(31)28-9-6-8-27(11-12-28)23(30)19-15-18(26)22-17-14-21(33-5)20(32-4)13-16(17)7-10-29(19)22/h13-15H,6-12H2,1-5H3. The molecule has 34 heavy (non-hydrogen) atoms. The van der Waals surface area contributed by atoms with Crippen LogP contribution in [-0.4, -0.2) is 72.4 Å². The summed E-state index contributed by atoms with van der Waals surface area (Å²) in [4.78, 5) is 29.6. The van der Waals surface area contributed by atoms with Gasteiger partial charge < -0.3 is 28.6 Å². The number of aromatic nitrogens is 1. The van der Waals surface area contributed by atoms with Crippen LogP contribution in [0.5, 0.6) is 11.5 Å². The smallest absolute Gasteiger partial charge is 0.410 e. The summed E-state index contributed by atoms with van der Waals surface area (Å²) in [5.74, 6) is 1.33. The summed E-state index contributed by atoms with van der Waals surface area (Å²) in [7, 11) is 3.25. The molecule has 1 saturated heterocycles. The number of amides is 2. The number of rotatable bonds is 3. The Morgan fingerprint density at radius 3 is 2.24 bits per heavy atom. The van der Waals surface area contributed by atoms with Crippen molar-refractivity contribution in [2.45, 2.75) is 45.8 Å². The van der Waals surface area contributed by atoms with Crippen LogP contribution in [0.15, 0.2) is 22.7 Å². The Bertz CT molecular complexity index is 1100. The Morgan fingerprint density at radius 2 is 1.56 bits per heavy atom. The van der Waals surface area contributed by atoms with Gasteiger partial charge in [-0.15, -0.1) is 0 Å². The molecule has 2 amide bonds. The lowest BCUT2D eigenvalue weighted by molar-refractivity contribution is 0.0255. The maximum atomic E-state index is 13.6. The van der Waals surface area contributed by atoms with Gasteiger partial charge in [-0.25, -0.2) is 4.79 Å². The second-order valence-corrected chi connectivity index (χ2v) is 10.5. The summed E-state index contributed by atoms with van der Waals surface area (Å²) < 4.78 is 19.4. The van der Waals surface area contributed by atoms with Gasteiger partial charge in [-0.3, -0.25) is 4.79 Å². The third-order valence-electron chi connectivity index (χ3n) is 6.17. The second kappa shape index (κ2) is 9.52. The molecule has 0 spiro atoms. The number of methoxy groups -OCH3 is 2. The van der Waals surface area contributed by atoms with Crippen molar-refractivity contribution in [1.82, 2.24) is 14.4 Å². The van der Waals surface area contributed by atoms with Gasteiger partial charge in [0.2, 0.25) is 0 Å². The summed E-state index contributed by atoms with van der Waals surface area (Å²) in [6.07, 6.45) is 1.17. The minimum atomic E-state index is -0.543. The Morgan fingerprint density at radius 1 is 0.912 bits per heavy atom. The number of hydrogen-bond donors (Lipinski definition) is 0. The van der Waals surface area contributed by atoms with Crippen LogP contribution in [0.25, 0.3) is 11.3 Å². The average Bonchev–Trinajstić information content (AvgIpc) is 2.96. The van der Waals surface area contributed by atoms with Gasteiger partial charge in [0.1, 0.15) is 11.3 Å². The van der Waals surface area contributed by atoms with Gasteiger partial charge in [0.15, 0.2) is 11.5 Å². The molecule has 4 rings (SSSR count). The molecule has 9 heteroatoms. The van der Waals surface area contributed by atoms with E-state index in [0.29, 0.717) is 56.3 Å². The van der Waals surface area contributed by atoms with Crippen molar-refractivity contribution in [2.75, 3.05) is 40.4 Å². The summed E-state index contributed by atoms with van der Waals surface area (Å²) >= 11 is 3.69. The SMILES string of the molecule is COc1cc2c(cc1OC)-c1c(Br)cc(C(=O)N3CCCN(C(=O)OC(C)(C)C)CC3)n1CC2. The normalized spacial score (nSPS) is 15.8. The highest BCUT2D eigenvalue weighted by Crippen LogP contribution is 2.42. The van der Waals surface area contributed by atoms with Crippen LogP contribution in [0, 0.1) is 0 Å². The van der Waals surface area contributed by atoms with Crippen LogP contribution in [0.4, 0.5) is 4.79 Å². The third kappa shape index (κ3) is 4.76. The Kier molecular flexibility index (Phi) is 6.85. The van der Waals surface area contributed by atoms with E-state index < -0.39 is 5.60 Å². The Balaban J connectivity index is 1.57. The van der Waals surface area contributed by atoms with Crippen LogP contribution in [0.3, 0.4) is 0 Å². The molecule has 184 valence electrons. The minimum Gasteiger partial charge on any atom is -0.493 e. The molecule has 0 bridgehead atoms. The fraction of sp³-hybridized carbons (Fsp3) is 0.520. The quantitative estimate of drug-likeness (QED) is 0.577. The number of nitrogens with zero attached hydrogens (tertiary/aromatic N) is 3. The van der Waals surface area contributed by atoms with E-state index >= 15 is 0 Å². The first-order valence-electron chi connectivity index (χ1n) is 11.5. The molecule has 0 radical (unpaired) electrons. The highest BCUT2D eigenvalue weighted by molar-refractivity contribution is 9.10. The van der Waals surface area contributed by atoms with Gasteiger partial charge in [-0.1, -0.05) is 0 Å². The first-order chi connectivity index (χ1) is 16.1. The van der Waals surface area contributed by atoms with Gasteiger partial charge in [0.05, 0.1) is 19.9 Å². The largest absolute Gasteiger partial charge is 0.493 e. The van der Waals surface area contributed by atoms with Crippen LogP contribution in [0.2, 0.25) is 0 Å². The van der Waals surface area contributed by atoms with Crippen molar-refractivity contribution < 1.29 is 23.8 Å². The maximum Gasteiger partial charge on any atom is 0.410 e. The third-order valence-corrected chi connectivity index (χ3v) is 6.78. The summed E-state index contributed by atoms with van der Waals surface area (Å²) in [6, 6.07) is 5.89. The van der Waals surface area contributed by atoms with E-state index in [2.05, 4.69) is 20.5 Å². The molecule has 3 heterocycles. The molecule has 2 aromatic rings. The maximum absolute atomic E-state index is 13.6. The molecule has 0 saturated carbocycles. The van der Waals surface area contributed by atoms with Gasteiger partial charge in [0, 0.05) is 42.8 Å². The topological polar surface area (TPSA) is 73.2 Å². The highest BCUT2D eigenvalue weighted by Gasteiger charge is 2.31. The molecule has 0 atom stereocenters.